The molecule has 2 aliphatic heterocycles. The lowest BCUT2D eigenvalue weighted by molar-refractivity contribution is -0.199. The van der Waals surface area contributed by atoms with E-state index >= 15 is 0 Å². The average molecular weight is 601 g/mol. The van der Waals surface area contributed by atoms with Crippen molar-refractivity contribution >= 4 is 61.0 Å². The SMILES string of the molecule is O=C(ON(c1nccs1)S(=O)(=O)c1ccc2c(c1)OCCN2c1ccc(Cl)cc1C1=CCNCC1)C(F)(F)F. The number of alkyl halides is 3. The van der Waals surface area contributed by atoms with Crippen LogP contribution in [-0.2, 0) is 19.7 Å². The van der Waals surface area contributed by atoms with E-state index in [0.29, 0.717) is 28.6 Å². The number of ether oxygens (including phenoxy) is 1. The first-order chi connectivity index (χ1) is 18.6. The normalized spacial score (nSPS) is 15.7. The van der Waals surface area contributed by atoms with Gasteiger partial charge in [-0.3, -0.25) is 0 Å². The number of carbonyl (C=O) groups excluding carboxylic acids is 1. The molecule has 3 aromatic rings. The predicted octanol–water partition coefficient (Wildman–Crippen LogP) is 4.92. The van der Waals surface area contributed by atoms with Crippen molar-refractivity contribution in [1.82, 2.24) is 10.3 Å². The minimum Gasteiger partial charge on any atom is -0.489 e. The predicted molar refractivity (Wildman–Crippen MR) is 140 cm³/mol. The van der Waals surface area contributed by atoms with Crippen molar-refractivity contribution in [2.75, 3.05) is 35.6 Å². The molecule has 0 atom stereocenters. The molecule has 206 valence electrons. The van der Waals surface area contributed by atoms with Crippen molar-refractivity contribution in [2.45, 2.75) is 17.5 Å². The molecule has 1 aromatic heterocycles. The highest BCUT2D eigenvalue weighted by Crippen LogP contribution is 2.43. The standard InChI is InChI=1S/C24H20ClF3N4O5S2/c25-16-1-3-19(18(13-16)15-5-7-29-8-6-15)31-10-11-36-21-14-17(2-4-20(21)31)39(34,35)32(23-30-9-12-38-23)37-22(33)24(26,27)28/h1-5,9,12-14,29H,6-8,10-11H2. The Kier molecular flexibility index (Phi) is 7.46. The Morgan fingerprint density at radius 3 is 2.69 bits per heavy atom. The van der Waals surface area contributed by atoms with Crippen molar-refractivity contribution in [3.05, 3.63) is 64.6 Å². The molecule has 5 rings (SSSR count). The van der Waals surface area contributed by atoms with Crippen molar-refractivity contribution in [3.8, 4) is 5.75 Å². The van der Waals surface area contributed by atoms with Gasteiger partial charge in [-0.05, 0) is 48.9 Å². The van der Waals surface area contributed by atoms with Gasteiger partial charge < -0.3 is 19.8 Å². The van der Waals surface area contributed by atoms with E-state index < -0.39 is 32.2 Å². The van der Waals surface area contributed by atoms with Gasteiger partial charge in [-0.15, -0.1) is 11.3 Å². The molecule has 0 aliphatic carbocycles. The van der Waals surface area contributed by atoms with E-state index in [9.17, 15) is 26.4 Å². The number of anilines is 3. The molecule has 0 radical (unpaired) electrons. The van der Waals surface area contributed by atoms with Gasteiger partial charge in [0.15, 0.2) is 0 Å². The van der Waals surface area contributed by atoms with Crippen LogP contribution in [0.4, 0.5) is 29.7 Å². The van der Waals surface area contributed by atoms with Gasteiger partial charge in [-0.25, -0.2) is 9.78 Å². The minimum absolute atomic E-state index is 0.128. The van der Waals surface area contributed by atoms with Crippen LogP contribution in [0.15, 0.2) is 58.9 Å². The van der Waals surface area contributed by atoms with E-state index in [4.69, 9.17) is 16.3 Å². The smallest absolute Gasteiger partial charge is 0.489 e. The fraction of sp³-hybridized carbons (Fsp3) is 0.250. The summed E-state index contributed by atoms with van der Waals surface area (Å²) in [7, 11) is -4.82. The second kappa shape index (κ2) is 10.7. The Bertz CT molecular complexity index is 1530. The third-order valence-electron chi connectivity index (χ3n) is 5.94. The highest BCUT2D eigenvalue weighted by atomic mass is 35.5. The number of aromatic nitrogens is 1. The maximum Gasteiger partial charge on any atom is 0.493 e. The molecule has 39 heavy (non-hydrogen) atoms. The molecular formula is C24H20ClF3N4O5S2. The summed E-state index contributed by atoms with van der Waals surface area (Å²) in [6.45, 7) is 2.19. The van der Waals surface area contributed by atoms with E-state index in [-0.39, 0.29) is 16.8 Å². The number of hydrogen-bond acceptors (Lipinski definition) is 9. The molecule has 3 heterocycles. The van der Waals surface area contributed by atoms with Crippen LogP contribution in [0.1, 0.15) is 12.0 Å². The molecule has 2 aromatic carbocycles. The summed E-state index contributed by atoms with van der Waals surface area (Å²) in [6.07, 6.45) is -1.37. The number of thiazole rings is 1. The highest BCUT2D eigenvalue weighted by Gasteiger charge is 2.45. The number of hydrogen-bond donors (Lipinski definition) is 1. The summed E-state index contributed by atoms with van der Waals surface area (Å²) in [5.41, 5.74) is 3.44. The molecule has 2 aliphatic rings. The van der Waals surface area contributed by atoms with E-state index in [0.717, 1.165) is 36.3 Å². The topological polar surface area (TPSA) is 101 Å². The molecule has 0 amide bonds. The summed E-state index contributed by atoms with van der Waals surface area (Å²) in [5, 5.41) is 4.69. The van der Waals surface area contributed by atoms with Crippen LogP contribution in [0.3, 0.4) is 0 Å². The first-order valence-corrected chi connectivity index (χ1v) is 14.2. The molecule has 0 fully saturated rings. The molecule has 15 heteroatoms. The van der Waals surface area contributed by atoms with Crippen molar-refractivity contribution in [2.24, 2.45) is 0 Å². The largest absolute Gasteiger partial charge is 0.493 e. The second-order valence-electron chi connectivity index (χ2n) is 8.40. The minimum atomic E-state index is -5.43. The van der Waals surface area contributed by atoms with Gasteiger partial charge in [-0.2, -0.15) is 21.6 Å². The van der Waals surface area contributed by atoms with E-state index in [2.05, 4.69) is 21.2 Å². The third kappa shape index (κ3) is 5.55. The zero-order chi connectivity index (χ0) is 27.8. The summed E-state index contributed by atoms with van der Waals surface area (Å²) in [6, 6.07) is 9.39. The van der Waals surface area contributed by atoms with Crippen LogP contribution in [0.2, 0.25) is 5.02 Å². The fourth-order valence-corrected chi connectivity index (χ4v) is 6.39. The van der Waals surface area contributed by atoms with Crippen LogP contribution in [-0.4, -0.2) is 51.8 Å². The van der Waals surface area contributed by atoms with Gasteiger partial charge in [0, 0.05) is 40.5 Å². The summed E-state index contributed by atoms with van der Waals surface area (Å²) in [4.78, 5) is 21.0. The molecular weight excluding hydrogens is 581 g/mol. The Hall–Kier alpha value is -3.33. The Morgan fingerprint density at radius 2 is 2.00 bits per heavy atom. The van der Waals surface area contributed by atoms with E-state index in [1.165, 1.54) is 29.8 Å². The van der Waals surface area contributed by atoms with Crippen LogP contribution in [0.25, 0.3) is 5.57 Å². The zero-order valence-electron chi connectivity index (χ0n) is 19.9. The van der Waals surface area contributed by atoms with Gasteiger partial charge in [0.2, 0.25) is 5.13 Å². The van der Waals surface area contributed by atoms with Crippen molar-refractivity contribution < 1.29 is 36.0 Å². The lowest BCUT2D eigenvalue weighted by Gasteiger charge is -2.34. The highest BCUT2D eigenvalue weighted by molar-refractivity contribution is 7.92. The second-order valence-corrected chi connectivity index (χ2v) is 11.5. The Balaban J connectivity index is 1.53. The number of carbonyl (C=O) groups is 1. The number of rotatable bonds is 6. The number of halogens is 4. The van der Waals surface area contributed by atoms with Crippen LogP contribution in [0.5, 0.6) is 5.75 Å². The van der Waals surface area contributed by atoms with Crippen molar-refractivity contribution in [3.63, 3.8) is 0 Å². The monoisotopic (exact) mass is 600 g/mol. The Labute approximate surface area is 230 Å². The van der Waals surface area contributed by atoms with E-state index in [1.807, 2.05) is 17.0 Å². The molecule has 0 saturated carbocycles. The van der Waals surface area contributed by atoms with Gasteiger partial charge in [0.05, 0.1) is 17.1 Å². The lowest BCUT2D eigenvalue weighted by atomic mass is 9.97. The Morgan fingerprint density at radius 1 is 1.21 bits per heavy atom. The number of sulfonamides is 1. The molecule has 1 N–H and O–H groups in total. The molecule has 0 unspecified atom stereocenters. The number of nitrogens with one attached hydrogen (secondary N) is 1. The first-order valence-electron chi connectivity index (χ1n) is 11.5. The molecule has 0 spiro atoms. The number of benzene rings is 2. The number of nitrogens with zero attached hydrogens (tertiary/aromatic N) is 3. The fourth-order valence-electron chi connectivity index (χ4n) is 4.20. The van der Waals surface area contributed by atoms with Gasteiger partial charge >= 0.3 is 12.1 Å². The van der Waals surface area contributed by atoms with Crippen molar-refractivity contribution in [1.29, 1.82) is 0 Å². The van der Waals surface area contributed by atoms with E-state index in [1.54, 1.807) is 6.07 Å². The quantitative estimate of drug-likeness (QED) is 0.398. The van der Waals surface area contributed by atoms with Crippen LogP contribution in [0, 0.1) is 0 Å². The molecule has 9 nitrogen and oxygen atoms in total. The van der Waals surface area contributed by atoms with Crippen LogP contribution < -0.4 is 19.4 Å². The maximum absolute atomic E-state index is 13.4. The van der Waals surface area contributed by atoms with Gasteiger partial charge in [-0.1, -0.05) is 22.1 Å². The molecule has 0 saturated heterocycles. The van der Waals surface area contributed by atoms with Gasteiger partial charge in [0.1, 0.15) is 12.4 Å². The summed E-state index contributed by atoms with van der Waals surface area (Å²) < 4.78 is 71.1. The summed E-state index contributed by atoms with van der Waals surface area (Å²) >= 11 is 6.99. The zero-order valence-corrected chi connectivity index (χ0v) is 22.3. The summed E-state index contributed by atoms with van der Waals surface area (Å²) in [5.74, 6) is -2.52. The lowest BCUT2D eigenvalue weighted by Crippen LogP contribution is -2.38. The third-order valence-corrected chi connectivity index (χ3v) is 8.57. The van der Waals surface area contributed by atoms with Crippen LogP contribution >= 0.6 is 22.9 Å². The molecule has 0 bridgehead atoms. The average Bonchev–Trinajstić information content (AvgIpc) is 3.45. The first kappa shape index (κ1) is 27.2. The maximum atomic E-state index is 13.4. The number of fused-ring (bicyclic) bond motifs is 1. The van der Waals surface area contributed by atoms with Gasteiger partial charge in [0.25, 0.3) is 10.0 Å².